The maximum Gasteiger partial charge on any atom is 0.307 e. The topological polar surface area (TPSA) is 100 Å². The standard InChI is InChI=1S/C18H23N5O3/c1-22-7-6-20-16(22)12-23-10-13(8-14(11-23)18(25)26)17(24)21-9-15-4-2-3-5-19-15/h2-7,13-14H,8-12H2,1H3,(H,21,24)(H,25,26)/t13-,14+/m1/s1. The van der Waals surface area contributed by atoms with Crippen LogP contribution in [-0.4, -0.2) is 49.5 Å². The molecule has 8 nitrogen and oxygen atoms in total. The minimum absolute atomic E-state index is 0.133. The number of carbonyl (C=O) groups excluding carboxylic acids is 1. The van der Waals surface area contributed by atoms with Crippen LogP contribution in [0.1, 0.15) is 17.9 Å². The highest BCUT2D eigenvalue weighted by Gasteiger charge is 2.35. The van der Waals surface area contributed by atoms with Gasteiger partial charge in [-0.15, -0.1) is 0 Å². The van der Waals surface area contributed by atoms with Gasteiger partial charge in [-0.25, -0.2) is 4.98 Å². The predicted octanol–water partition coefficient (Wildman–Crippen LogP) is 0.654. The van der Waals surface area contributed by atoms with Gasteiger partial charge in [0.1, 0.15) is 5.82 Å². The Morgan fingerprint density at radius 1 is 1.23 bits per heavy atom. The molecule has 1 aliphatic heterocycles. The number of likely N-dealkylation sites (tertiary alicyclic amines) is 1. The van der Waals surface area contributed by atoms with Crippen molar-refractivity contribution in [3.8, 4) is 0 Å². The SMILES string of the molecule is Cn1ccnc1CN1C[C@@H](C(=O)O)C[C@@H](C(=O)NCc2ccccn2)C1. The normalized spacial score (nSPS) is 20.7. The summed E-state index contributed by atoms with van der Waals surface area (Å²) in [6, 6.07) is 5.53. The third kappa shape index (κ3) is 4.45. The van der Waals surface area contributed by atoms with Crippen molar-refractivity contribution in [3.05, 3.63) is 48.3 Å². The first-order valence-electron chi connectivity index (χ1n) is 8.62. The molecule has 0 radical (unpaired) electrons. The van der Waals surface area contributed by atoms with Gasteiger partial charge in [0.15, 0.2) is 0 Å². The van der Waals surface area contributed by atoms with E-state index < -0.39 is 11.9 Å². The first kappa shape index (κ1) is 18.1. The zero-order valence-electron chi connectivity index (χ0n) is 14.7. The summed E-state index contributed by atoms with van der Waals surface area (Å²) in [6.07, 6.45) is 5.59. The van der Waals surface area contributed by atoms with E-state index in [0.717, 1.165) is 11.5 Å². The Morgan fingerprint density at radius 3 is 2.69 bits per heavy atom. The highest BCUT2D eigenvalue weighted by atomic mass is 16.4. The quantitative estimate of drug-likeness (QED) is 0.787. The second-order valence-corrected chi connectivity index (χ2v) is 6.66. The van der Waals surface area contributed by atoms with Crippen molar-refractivity contribution in [1.82, 2.24) is 24.8 Å². The molecule has 0 spiro atoms. The molecule has 8 heteroatoms. The van der Waals surface area contributed by atoms with Crippen molar-refractivity contribution in [3.63, 3.8) is 0 Å². The van der Waals surface area contributed by atoms with Crippen molar-refractivity contribution in [2.75, 3.05) is 13.1 Å². The highest BCUT2D eigenvalue weighted by Crippen LogP contribution is 2.24. The number of aryl methyl sites for hydroxylation is 1. The number of hydrogen-bond donors (Lipinski definition) is 2. The molecule has 2 N–H and O–H groups in total. The van der Waals surface area contributed by atoms with Crippen LogP contribution in [0.5, 0.6) is 0 Å². The summed E-state index contributed by atoms with van der Waals surface area (Å²) < 4.78 is 1.90. The van der Waals surface area contributed by atoms with Gasteiger partial charge >= 0.3 is 5.97 Å². The van der Waals surface area contributed by atoms with Gasteiger partial charge in [-0.3, -0.25) is 19.5 Å². The number of carboxylic acid groups (broad SMARTS) is 1. The predicted molar refractivity (Wildman–Crippen MR) is 93.8 cm³/mol. The van der Waals surface area contributed by atoms with Gasteiger partial charge in [0, 0.05) is 38.7 Å². The molecular formula is C18H23N5O3. The molecule has 3 heterocycles. The number of carbonyl (C=O) groups is 2. The molecule has 0 aliphatic carbocycles. The molecule has 26 heavy (non-hydrogen) atoms. The maximum atomic E-state index is 12.6. The van der Waals surface area contributed by atoms with Crippen molar-refractivity contribution in [1.29, 1.82) is 0 Å². The molecule has 1 saturated heterocycles. The second kappa shape index (κ2) is 8.09. The average Bonchev–Trinajstić information content (AvgIpc) is 3.05. The molecule has 3 rings (SSSR count). The fourth-order valence-corrected chi connectivity index (χ4v) is 3.26. The van der Waals surface area contributed by atoms with Gasteiger partial charge in [0.25, 0.3) is 0 Å². The minimum Gasteiger partial charge on any atom is -0.481 e. The number of pyridine rings is 1. The number of aliphatic carboxylic acids is 1. The van der Waals surface area contributed by atoms with Gasteiger partial charge in [0.2, 0.25) is 5.91 Å². The maximum absolute atomic E-state index is 12.6. The Hall–Kier alpha value is -2.74. The minimum atomic E-state index is -0.864. The van der Waals surface area contributed by atoms with Gasteiger partial charge in [-0.05, 0) is 18.6 Å². The smallest absolute Gasteiger partial charge is 0.307 e. The number of carboxylic acids is 1. The van der Waals surface area contributed by atoms with Crippen LogP contribution in [0.25, 0.3) is 0 Å². The molecule has 138 valence electrons. The summed E-state index contributed by atoms with van der Waals surface area (Å²) in [7, 11) is 1.90. The van der Waals surface area contributed by atoms with Gasteiger partial charge in [-0.2, -0.15) is 0 Å². The molecule has 0 saturated carbocycles. The number of aromatic nitrogens is 3. The monoisotopic (exact) mass is 357 g/mol. The molecule has 1 amide bonds. The summed E-state index contributed by atoms with van der Waals surface area (Å²) in [5.74, 6) is -1.07. The van der Waals surface area contributed by atoms with Gasteiger partial charge in [-0.1, -0.05) is 6.07 Å². The van der Waals surface area contributed by atoms with Crippen LogP contribution >= 0.6 is 0 Å². The summed E-state index contributed by atoms with van der Waals surface area (Å²) in [6.45, 7) is 1.81. The number of nitrogens with one attached hydrogen (secondary N) is 1. The van der Waals surface area contributed by atoms with Gasteiger partial charge in [0.05, 0.1) is 30.6 Å². The lowest BCUT2D eigenvalue weighted by Crippen LogP contribution is -2.48. The largest absolute Gasteiger partial charge is 0.481 e. The zero-order chi connectivity index (χ0) is 18.5. The summed E-state index contributed by atoms with van der Waals surface area (Å²) >= 11 is 0. The van der Waals surface area contributed by atoms with E-state index in [-0.39, 0.29) is 11.8 Å². The molecule has 1 aliphatic rings. The molecular weight excluding hydrogens is 334 g/mol. The van der Waals surface area contributed by atoms with E-state index in [1.54, 1.807) is 12.4 Å². The van der Waals surface area contributed by atoms with Crippen molar-refractivity contribution >= 4 is 11.9 Å². The fraction of sp³-hybridized carbons (Fsp3) is 0.444. The van der Waals surface area contributed by atoms with Crippen LogP contribution in [0, 0.1) is 11.8 Å². The van der Waals surface area contributed by atoms with Crippen molar-refractivity contribution < 1.29 is 14.7 Å². The van der Waals surface area contributed by atoms with E-state index in [2.05, 4.69) is 15.3 Å². The van der Waals surface area contributed by atoms with Crippen molar-refractivity contribution in [2.45, 2.75) is 19.5 Å². The summed E-state index contributed by atoms with van der Waals surface area (Å²) in [5.41, 5.74) is 0.774. The molecule has 2 atom stereocenters. The molecule has 0 aromatic carbocycles. The summed E-state index contributed by atoms with van der Waals surface area (Å²) in [5, 5.41) is 12.3. The van der Waals surface area contributed by atoms with E-state index >= 15 is 0 Å². The first-order chi connectivity index (χ1) is 12.5. The molecule has 2 aromatic rings. The third-order valence-corrected chi connectivity index (χ3v) is 4.70. The lowest BCUT2D eigenvalue weighted by atomic mass is 9.88. The third-order valence-electron chi connectivity index (χ3n) is 4.70. The Kier molecular flexibility index (Phi) is 5.62. The number of piperidine rings is 1. The van der Waals surface area contributed by atoms with E-state index in [0.29, 0.717) is 32.6 Å². The lowest BCUT2D eigenvalue weighted by Gasteiger charge is -2.35. The second-order valence-electron chi connectivity index (χ2n) is 6.66. The van der Waals surface area contributed by atoms with Crippen LogP contribution < -0.4 is 5.32 Å². The van der Waals surface area contributed by atoms with E-state index in [4.69, 9.17) is 0 Å². The summed E-state index contributed by atoms with van der Waals surface area (Å²) in [4.78, 5) is 34.6. The lowest BCUT2D eigenvalue weighted by molar-refractivity contribution is -0.145. The van der Waals surface area contributed by atoms with E-state index in [9.17, 15) is 14.7 Å². The zero-order valence-corrected chi connectivity index (χ0v) is 14.7. The van der Waals surface area contributed by atoms with Crippen LogP contribution in [0.4, 0.5) is 0 Å². The molecule has 2 aromatic heterocycles. The van der Waals surface area contributed by atoms with Crippen molar-refractivity contribution in [2.24, 2.45) is 18.9 Å². The number of amides is 1. The Bertz CT molecular complexity index is 761. The fourth-order valence-electron chi connectivity index (χ4n) is 3.26. The van der Waals surface area contributed by atoms with E-state index in [1.165, 1.54) is 0 Å². The Balaban J connectivity index is 1.64. The van der Waals surface area contributed by atoms with Crippen LogP contribution in [0.15, 0.2) is 36.8 Å². The average molecular weight is 357 g/mol. The highest BCUT2D eigenvalue weighted by molar-refractivity contribution is 5.80. The number of nitrogens with zero attached hydrogens (tertiary/aromatic N) is 4. The van der Waals surface area contributed by atoms with Gasteiger partial charge < -0.3 is 15.0 Å². The molecule has 0 bridgehead atoms. The Morgan fingerprint density at radius 2 is 2.04 bits per heavy atom. The molecule has 1 fully saturated rings. The van der Waals surface area contributed by atoms with Crippen LogP contribution in [0.2, 0.25) is 0 Å². The number of rotatable bonds is 6. The molecule has 0 unspecified atom stereocenters. The number of imidazole rings is 1. The van der Waals surface area contributed by atoms with Crippen LogP contribution in [0.3, 0.4) is 0 Å². The van der Waals surface area contributed by atoms with E-state index in [1.807, 2.05) is 40.9 Å². The number of hydrogen-bond acceptors (Lipinski definition) is 5. The first-order valence-corrected chi connectivity index (χ1v) is 8.62. The Labute approximate surface area is 151 Å². The van der Waals surface area contributed by atoms with Crippen LogP contribution in [-0.2, 0) is 29.7 Å².